The van der Waals surface area contributed by atoms with Gasteiger partial charge in [0, 0.05) is 17.0 Å². The Bertz CT molecular complexity index is 556. The monoisotopic (exact) mass is 271 g/mol. The van der Waals surface area contributed by atoms with Gasteiger partial charge in [-0.15, -0.1) is 11.3 Å². The third kappa shape index (κ3) is 2.35. The van der Waals surface area contributed by atoms with E-state index in [9.17, 15) is 0 Å². The summed E-state index contributed by atoms with van der Waals surface area (Å²) in [5.74, 6) is 0. The predicted molar refractivity (Wildman–Crippen MR) is 82.5 cm³/mol. The highest BCUT2D eigenvalue weighted by molar-refractivity contribution is 7.10. The van der Waals surface area contributed by atoms with Crippen molar-refractivity contribution in [3.8, 4) is 0 Å². The number of rotatable bonds is 3. The van der Waals surface area contributed by atoms with Gasteiger partial charge >= 0.3 is 0 Å². The van der Waals surface area contributed by atoms with E-state index < -0.39 is 0 Å². The minimum absolute atomic E-state index is 0.287. The van der Waals surface area contributed by atoms with Crippen molar-refractivity contribution in [1.29, 1.82) is 0 Å². The normalized spacial score (nSPS) is 22.2. The lowest BCUT2D eigenvalue weighted by molar-refractivity contribution is 0.253. The van der Waals surface area contributed by atoms with Gasteiger partial charge < -0.3 is 5.32 Å². The zero-order valence-corrected chi connectivity index (χ0v) is 12.6. The highest BCUT2D eigenvalue weighted by Gasteiger charge is 2.39. The molecule has 0 fully saturated rings. The molecular formula is C17H21NS. The fourth-order valence-electron chi connectivity index (χ4n) is 3.18. The molecule has 1 aromatic carbocycles. The summed E-state index contributed by atoms with van der Waals surface area (Å²) >= 11 is 1.83. The number of hydrogen-bond donors (Lipinski definition) is 1. The maximum Gasteiger partial charge on any atom is 0.0391 e. The van der Waals surface area contributed by atoms with Crippen LogP contribution in [-0.2, 0) is 6.42 Å². The topological polar surface area (TPSA) is 12.0 Å². The molecule has 100 valence electrons. The van der Waals surface area contributed by atoms with Gasteiger partial charge in [-0.2, -0.15) is 0 Å². The van der Waals surface area contributed by atoms with Crippen LogP contribution in [0, 0.1) is 5.41 Å². The molecule has 2 aromatic rings. The molecule has 0 radical (unpaired) electrons. The van der Waals surface area contributed by atoms with E-state index in [1.165, 1.54) is 16.0 Å². The first-order valence-electron chi connectivity index (χ1n) is 6.95. The molecule has 0 saturated heterocycles. The van der Waals surface area contributed by atoms with Gasteiger partial charge in [-0.3, -0.25) is 0 Å². The minimum atomic E-state index is 0.287. The molecule has 3 rings (SSSR count). The van der Waals surface area contributed by atoms with E-state index in [2.05, 4.69) is 67.9 Å². The fraction of sp³-hybridized carbons (Fsp3) is 0.412. The number of fused-ring (bicyclic) bond motifs is 1. The predicted octanol–water partition coefficient (Wildman–Crippen LogP) is 4.72. The second-order valence-electron chi connectivity index (χ2n) is 6.20. The van der Waals surface area contributed by atoms with E-state index >= 15 is 0 Å². The molecule has 0 amide bonds. The number of thiophene rings is 1. The van der Waals surface area contributed by atoms with Gasteiger partial charge in [0.1, 0.15) is 0 Å². The van der Waals surface area contributed by atoms with Crippen LogP contribution in [-0.4, -0.2) is 0 Å². The lowest BCUT2D eigenvalue weighted by Gasteiger charge is -2.31. The van der Waals surface area contributed by atoms with Gasteiger partial charge in [0.25, 0.3) is 0 Å². The molecule has 1 N–H and O–H groups in total. The molecule has 1 aliphatic carbocycles. The SMILES string of the molecule is C[C@H](NC1c2ccccc2CC1(C)C)c1cccs1. The average molecular weight is 271 g/mol. The molecule has 2 heteroatoms. The average Bonchev–Trinajstić information content (AvgIpc) is 2.96. The summed E-state index contributed by atoms with van der Waals surface area (Å²) in [5, 5.41) is 5.99. The zero-order valence-electron chi connectivity index (χ0n) is 11.8. The van der Waals surface area contributed by atoms with Crippen LogP contribution in [0.1, 0.15) is 48.9 Å². The van der Waals surface area contributed by atoms with Crippen LogP contribution < -0.4 is 5.32 Å². The van der Waals surface area contributed by atoms with Crippen molar-refractivity contribution in [2.45, 2.75) is 39.3 Å². The van der Waals surface area contributed by atoms with Crippen LogP contribution in [0.3, 0.4) is 0 Å². The third-order valence-corrected chi connectivity index (χ3v) is 5.24. The quantitative estimate of drug-likeness (QED) is 0.851. The molecule has 0 bridgehead atoms. The summed E-state index contributed by atoms with van der Waals surface area (Å²) in [5.41, 5.74) is 3.27. The molecule has 0 aliphatic heterocycles. The molecule has 0 spiro atoms. The summed E-state index contributed by atoms with van der Waals surface area (Å²) in [4.78, 5) is 1.42. The van der Waals surface area contributed by atoms with E-state index in [0.29, 0.717) is 12.1 Å². The van der Waals surface area contributed by atoms with Crippen molar-refractivity contribution in [3.05, 3.63) is 57.8 Å². The molecule has 19 heavy (non-hydrogen) atoms. The second kappa shape index (κ2) is 4.77. The third-order valence-electron chi connectivity index (χ3n) is 4.18. The Hall–Kier alpha value is -1.12. The van der Waals surface area contributed by atoms with Gasteiger partial charge in [-0.05, 0) is 41.3 Å². The summed E-state index contributed by atoms with van der Waals surface area (Å²) in [6.45, 7) is 7.00. The highest BCUT2D eigenvalue weighted by atomic mass is 32.1. The Morgan fingerprint density at radius 2 is 2.00 bits per heavy atom. The van der Waals surface area contributed by atoms with Crippen LogP contribution in [0.4, 0.5) is 0 Å². The zero-order chi connectivity index (χ0) is 13.5. The maximum absolute atomic E-state index is 3.84. The smallest absolute Gasteiger partial charge is 0.0391 e. The second-order valence-corrected chi connectivity index (χ2v) is 7.18. The van der Waals surface area contributed by atoms with E-state index in [-0.39, 0.29) is 5.41 Å². The maximum atomic E-state index is 3.84. The number of hydrogen-bond acceptors (Lipinski definition) is 2. The van der Waals surface area contributed by atoms with Gasteiger partial charge in [-0.25, -0.2) is 0 Å². The van der Waals surface area contributed by atoms with Crippen LogP contribution in [0.5, 0.6) is 0 Å². The summed E-state index contributed by atoms with van der Waals surface area (Å²) in [7, 11) is 0. The van der Waals surface area contributed by atoms with Gasteiger partial charge in [0.2, 0.25) is 0 Å². The van der Waals surface area contributed by atoms with E-state index in [0.717, 1.165) is 6.42 Å². The first-order chi connectivity index (χ1) is 9.08. The standard InChI is InChI=1S/C17H21NS/c1-12(15-9-6-10-19-15)18-16-14-8-5-4-7-13(14)11-17(16,2)3/h4-10,12,16,18H,11H2,1-3H3/t12-,16?/m0/s1. The summed E-state index contributed by atoms with van der Waals surface area (Å²) in [6.07, 6.45) is 1.16. The molecule has 2 atom stereocenters. The van der Waals surface area contributed by atoms with Gasteiger partial charge in [-0.1, -0.05) is 44.2 Å². The Labute approximate surface area is 119 Å². The lowest BCUT2D eigenvalue weighted by atomic mass is 9.85. The molecule has 1 aliphatic rings. The van der Waals surface area contributed by atoms with Crippen molar-refractivity contribution in [2.75, 3.05) is 0 Å². The molecular weight excluding hydrogens is 250 g/mol. The Morgan fingerprint density at radius 1 is 1.21 bits per heavy atom. The van der Waals surface area contributed by atoms with Gasteiger partial charge in [0.05, 0.1) is 0 Å². The first kappa shape index (κ1) is 12.9. The largest absolute Gasteiger partial charge is 0.302 e. The Morgan fingerprint density at radius 3 is 2.74 bits per heavy atom. The van der Waals surface area contributed by atoms with Crippen LogP contribution in [0.25, 0.3) is 0 Å². The van der Waals surface area contributed by atoms with Crippen LogP contribution in [0.2, 0.25) is 0 Å². The first-order valence-corrected chi connectivity index (χ1v) is 7.83. The van der Waals surface area contributed by atoms with Crippen LogP contribution in [0.15, 0.2) is 41.8 Å². The van der Waals surface area contributed by atoms with Crippen molar-refractivity contribution in [3.63, 3.8) is 0 Å². The van der Waals surface area contributed by atoms with Crippen molar-refractivity contribution in [2.24, 2.45) is 5.41 Å². The van der Waals surface area contributed by atoms with Crippen molar-refractivity contribution in [1.82, 2.24) is 5.32 Å². The summed E-state index contributed by atoms with van der Waals surface area (Å²) < 4.78 is 0. The van der Waals surface area contributed by atoms with Crippen LogP contribution >= 0.6 is 11.3 Å². The number of benzene rings is 1. The Kier molecular flexibility index (Phi) is 3.23. The molecule has 1 heterocycles. The molecule has 1 unspecified atom stereocenters. The van der Waals surface area contributed by atoms with Crippen molar-refractivity contribution < 1.29 is 0 Å². The fourth-order valence-corrected chi connectivity index (χ4v) is 3.92. The van der Waals surface area contributed by atoms with Crippen molar-refractivity contribution >= 4 is 11.3 Å². The lowest BCUT2D eigenvalue weighted by Crippen LogP contribution is -2.32. The Balaban J connectivity index is 1.87. The molecule has 0 saturated carbocycles. The summed E-state index contributed by atoms with van der Waals surface area (Å²) in [6, 6.07) is 14.1. The van der Waals surface area contributed by atoms with E-state index in [1.807, 2.05) is 11.3 Å². The minimum Gasteiger partial charge on any atom is -0.302 e. The van der Waals surface area contributed by atoms with E-state index in [1.54, 1.807) is 0 Å². The van der Waals surface area contributed by atoms with Gasteiger partial charge in [0.15, 0.2) is 0 Å². The number of nitrogens with one attached hydrogen (secondary N) is 1. The van der Waals surface area contributed by atoms with E-state index in [4.69, 9.17) is 0 Å². The molecule has 1 nitrogen and oxygen atoms in total. The molecule has 1 aromatic heterocycles. The highest BCUT2D eigenvalue weighted by Crippen LogP contribution is 2.46.